The first kappa shape index (κ1) is 27.1. The van der Waals surface area contributed by atoms with E-state index >= 15 is 0 Å². The van der Waals surface area contributed by atoms with Crippen LogP contribution in [0.15, 0.2) is 47.4 Å². The number of benzene rings is 1. The van der Waals surface area contributed by atoms with E-state index in [-0.39, 0.29) is 29.5 Å². The standard InChI is InChI=1S/C30H40N2O5/c1-21(16-22-10-6-4-7-11-22)27(34)31-15-14-30(37,29(2,3)19-31)20-32-18-25(28(35)36)24(17-26(32)33)23-12-8-5-9-13-23/h5,8-9,12-13,17-18,21-22,37H,4,6-7,10-11,14-16,19-20H2,1-3H3,(H,35,36)/t21-,30-/m1/s1. The van der Waals surface area contributed by atoms with Crippen molar-refractivity contribution in [2.75, 3.05) is 13.1 Å². The van der Waals surface area contributed by atoms with Crippen molar-refractivity contribution in [2.45, 2.75) is 77.9 Å². The number of aliphatic hydroxyl groups is 1. The van der Waals surface area contributed by atoms with Gasteiger partial charge in [0.15, 0.2) is 0 Å². The van der Waals surface area contributed by atoms with Gasteiger partial charge in [0, 0.05) is 42.2 Å². The van der Waals surface area contributed by atoms with E-state index in [1.54, 1.807) is 24.3 Å². The van der Waals surface area contributed by atoms with Crippen molar-refractivity contribution in [3.05, 3.63) is 58.5 Å². The average Bonchev–Trinajstić information content (AvgIpc) is 2.87. The zero-order valence-electron chi connectivity index (χ0n) is 22.3. The highest BCUT2D eigenvalue weighted by Crippen LogP contribution is 2.41. The number of carbonyl (C=O) groups is 2. The van der Waals surface area contributed by atoms with E-state index in [1.165, 1.54) is 48.9 Å². The highest BCUT2D eigenvalue weighted by molar-refractivity contribution is 5.95. The topological polar surface area (TPSA) is 99.8 Å². The smallest absolute Gasteiger partial charge is 0.337 e. The molecule has 2 heterocycles. The highest BCUT2D eigenvalue weighted by Gasteiger charge is 2.49. The molecule has 1 saturated carbocycles. The molecule has 7 heteroatoms. The molecule has 2 aliphatic rings. The van der Waals surface area contributed by atoms with Gasteiger partial charge >= 0.3 is 5.97 Å². The minimum atomic E-state index is -1.27. The first-order chi connectivity index (χ1) is 17.5. The SMILES string of the molecule is C[C@H](CC1CCCCC1)C(=O)N1CC[C@@](O)(Cn2cc(C(=O)O)c(-c3ccccc3)cc2=O)C(C)(C)C1. The number of likely N-dealkylation sites (tertiary alicyclic amines) is 1. The van der Waals surface area contributed by atoms with Crippen molar-refractivity contribution in [1.82, 2.24) is 9.47 Å². The van der Waals surface area contributed by atoms with Crippen LogP contribution >= 0.6 is 0 Å². The maximum absolute atomic E-state index is 13.3. The number of carboxylic acids is 1. The second kappa shape index (κ2) is 10.8. The first-order valence-electron chi connectivity index (χ1n) is 13.6. The second-order valence-electron chi connectivity index (χ2n) is 11.8. The van der Waals surface area contributed by atoms with E-state index in [1.807, 2.05) is 31.7 Å². The van der Waals surface area contributed by atoms with Gasteiger partial charge in [-0.2, -0.15) is 0 Å². The Kier molecular flexibility index (Phi) is 7.93. The van der Waals surface area contributed by atoms with Crippen LogP contribution < -0.4 is 5.56 Å². The maximum atomic E-state index is 13.3. The van der Waals surface area contributed by atoms with Gasteiger partial charge in [0.2, 0.25) is 5.91 Å². The van der Waals surface area contributed by atoms with Gasteiger partial charge < -0.3 is 19.7 Å². The number of rotatable bonds is 7. The predicted molar refractivity (Wildman–Crippen MR) is 143 cm³/mol. The summed E-state index contributed by atoms with van der Waals surface area (Å²) < 4.78 is 1.31. The Balaban J connectivity index is 1.51. The Morgan fingerprint density at radius 2 is 1.78 bits per heavy atom. The van der Waals surface area contributed by atoms with Gasteiger partial charge in [-0.3, -0.25) is 9.59 Å². The van der Waals surface area contributed by atoms with E-state index in [0.717, 1.165) is 6.42 Å². The average molecular weight is 509 g/mol. The molecule has 0 spiro atoms. The third kappa shape index (κ3) is 5.82. The van der Waals surface area contributed by atoms with Crippen molar-refractivity contribution in [3.63, 3.8) is 0 Å². The fourth-order valence-electron chi connectivity index (χ4n) is 6.18. The van der Waals surface area contributed by atoms with Gasteiger partial charge in [-0.1, -0.05) is 83.2 Å². The number of amides is 1. The van der Waals surface area contributed by atoms with Crippen LogP contribution in [-0.2, 0) is 11.3 Å². The number of aromatic nitrogens is 1. The summed E-state index contributed by atoms with van der Waals surface area (Å²) in [4.78, 5) is 40.3. The van der Waals surface area contributed by atoms with Crippen LogP contribution in [0, 0.1) is 17.3 Å². The number of carbonyl (C=O) groups excluding carboxylic acids is 1. The molecule has 1 saturated heterocycles. The van der Waals surface area contributed by atoms with Crippen LogP contribution in [0.25, 0.3) is 11.1 Å². The zero-order chi connectivity index (χ0) is 26.8. The zero-order valence-corrected chi connectivity index (χ0v) is 22.3. The van der Waals surface area contributed by atoms with Crippen LogP contribution in [0.3, 0.4) is 0 Å². The summed E-state index contributed by atoms with van der Waals surface area (Å²) in [6.45, 7) is 6.62. The lowest BCUT2D eigenvalue weighted by atomic mass is 9.69. The molecular formula is C30H40N2O5. The summed E-state index contributed by atoms with van der Waals surface area (Å²) in [5.41, 5.74) is -1.31. The molecule has 0 radical (unpaired) electrons. The summed E-state index contributed by atoms with van der Waals surface area (Å²) in [6.07, 6.45) is 8.79. The molecule has 1 aliphatic heterocycles. The largest absolute Gasteiger partial charge is 0.478 e. The molecule has 2 N–H and O–H groups in total. The third-order valence-corrected chi connectivity index (χ3v) is 8.66. The number of hydrogen-bond acceptors (Lipinski definition) is 4. The number of pyridine rings is 1. The number of hydrogen-bond donors (Lipinski definition) is 2. The molecule has 7 nitrogen and oxygen atoms in total. The Hall–Kier alpha value is -2.93. The molecule has 1 aliphatic carbocycles. The van der Waals surface area contributed by atoms with Gasteiger partial charge in [0.05, 0.1) is 17.7 Å². The van der Waals surface area contributed by atoms with Gasteiger partial charge in [0.1, 0.15) is 0 Å². The number of nitrogens with zero attached hydrogens (tertiary/aromatic N) is 2. The van der Waals surface area contributed by atoms with E-state index in [4.69, 9.17) is 0 Å². The molecule has 0 bridgehead atoms. The molecule has 1 aromatic carbocycles. The minimum absolute atomic E-state index is 0.0105. The second-order valence-corrected chi connectivity index (χ2v) is 11.8. The molecule has 2 fully saturated rings. The van der Waals surface area contributed by atoms with Crippen molar-refractivity contribution >= 4 is 11.9 Å². The summed E-state index contributed by atoms with van der Waals surface area (Å²) in [5, 5.41) is 21.6. The van der Waals surface area contributed by atoms with Gasteiger partial charge in [0.25, 0.3) is 5.56 Å². The lowest BCUT2D eigenvalue weighted by Crippen LogP contribution is -2.61. The van der Waals surface area contributed by atoms with E-state index < -0.39 is 17.0 Å². The Labute approximate surface area is 219 Å². The highest BCUT2D eigenvalue weighted by atomic mass is 16.4. The van der Waals surface area contributed by atoms with Crippen LogP contribution in [0.1, 0.15) is 76.1 Å². The van der Waals surface area contributed by atoms with Crippen molar-refractivity contribution < 1.29 is 19.8 Å². The normalized spacial score (nSPS) is 23.0. The maximum Gasteiger partial charge on any atom is 0.337 e. The molecule has 1 aromatic heterocycles. The quantitative estimate of drug-likeness (QED) is 0.559. The molecule has 4 rings (SSSR count). The Morgan fingerprint density at radius 1 is 1.11 bits per heavy atom. The summed E-state index contributed by atoms with van der Waals surface area (Å²) >= 11 is 0. The van der Waals surface area contributed by atoms with Crippen LogP contribution in [-0.4, -0.2) is 50.2 Å². The lowest BCUT2D eigenvalue weighted by Gasteiger charge is -2.51. The summed E-state index contributed by atoms with van der Waals surface area (Å²) in [7, 11) is 0. The van der Waals surface area contributed by atoms with E-state index in [2.05, 4.69) is 0 Å². The third-order valence-electron chi connectivity index (χ3n) is 8.66. The molecule has 200 valence electrons. The summed E-state index contributed by atoms with van der Waals surface area (Å²) in [5.74, 6) is -0.419. The van der Waals surface area contributed by atoms with Crippen LogP contribution in [0.5, 0.6) is 0 Å². The number of piperidine rings is 1. The molecule has 0 unspecified atom stereocenters. The fraction of sp³-hybridized carbons (Fsp3) is 0.567. The van der Waals surface area contributed by atoms with E-state index in [0.29, 0.717) is 36.6 Å². The molecule has 1 amide bonds. The van der Waals surface area contributed by atoms with Crippen LogP contribution in [0.2, 0.25) is 0 Å². The number of carboxylic acid groups (broad SMARTS) is 1. The van der Waals surface area contributed by atoms with Crippen molar-refractivity contribution in [3.8, 4) is 11.1 Å². The van der Waals surface area contributed by atoms with Gasteiger partial charge in [-0.15, -0.1) is 0 Å². The van der Waals surface area contributed by atoms with Crippen molar-refractivity contribution in [1.29, 1.82) is 0 Å². The van der Waals surface area contributed by atoms with Gasteiger partial charge in [-0.05, 0) is 24.3 Å². The monoisotopic (exact) mass is 508 g/mol. The molecular weight excluding hydrogens is 468 g/mol. The fourth-order valence-corrected chi connectivity index (χ4v) is 6.18. The predicted octanol–water partition coefficient (Wildman–Crippen LogP) is 4.81. The first-order valence-corrected chi connectivity index (χ1v) is 13.6. The summed E-state index contributed by atoms with van der Waals surface area (Å²) in [6, 6.07) is 10.3. The molecule has 2 atom stereocenters. The number of aromatic carboxylic acids is 1. The van der Waals surface area contributed by atoms with Crippen LogP contribution in [0.4, 0.5) is 0 Å². The lowest BCUT2D eigenvalue weighted by molar-refractivity contribution is -0.157. The Morgan fingerprint density at radius 3 is 2.41 bits per heavy atom. The molecule has 2 aromatic rings. The Bertz CT molecular complexity index is 1180. The van der Waals surface area contributed by atoms with E-state index in [9.17, 15) is 24.6 Å². The van der Waals surface area contributed by atoms with Gasteiger partial charge in [-0.25, -0.2) is 4.79 Å². The molecule has 37 heavy (non-hydrogen) atoms. The minimum Gasteiger partial charge on any atom is -0.478 e. The van der Waals surface area contributed by atoms with Crippen molar-refractivity contribution in [2.24, 2.45) is 17.3 Å².